The molecule has 0 bridgehead atoms. The van der Waals surface area contributed by atoms with Crippen molar-refractivity contribution in [1.29, 1.82) is 0 Å². The number of nitrogens with zero attached hydrogens (tertiary/aromatic N) is 2. The van der Waals surface area contributed by atoms with Gasteiger partial charge in [0.1, 0.15) is 16.3 Å². The maximum absolute atomic E-state index is 12.5. The number of hydrogen-bond acceptors (Lipinski definition) is 12. The topological polar surface area (TPSA) is 245 Å². The predicted octanol–water partition coefficient (Wildman–Crippen LogP) is 8.00. The molecule has 326 valence electrons. The van der Waals surface area contributed by atoms with Gasteiger partial charge in [0.25, 0.3) is 30.4 Å². The summed E-state index contributed by atoms with van der Waals surface area (Å²) in [6, 6.07) is 11.4. The van der Waals surface area contributed by atoms with Gasteiger partial charge in [-0.25, -0.2) is 5.26 Å². The first-order valence-corrected chi connectivity index (χ1v) is 24.0. The van der Waals surface area contributed by atoms with Crippen LogP contribution < -0.4 is 4.90 Å². The van der Waals surface area contributed by atoms with Crippen LogP contribution in [0, 0.1) is 0 Å². The fourth-order valence-electron chi connectivity index (χ4n) is 8.62. The van der Waals surface area contributed by atoms with Gasteiger partial charge in [-0.1, -0.05) is 43.2 Å². The molecule has 0 atom stereocenters. The summed E-state index contributed by atoms with van der Waals surface area (Å²) in [6.07, 6.45) is 10.9. The van der Waals surface area contributed by atoms with Gasteiger partial charge in [-0.15, -0.1) is 4.33 Å². The zero-order chi connectivity index (χ0) is 44.9. The van der Waals surface area contributed by atoms with E-state index in [-0.39, 0.29) is 27.0 Å². The number of carboxylic acids is 1. The van der Waals surface area contributed by atoms with Crippen LogP contribution in [0.1, 0.15) is 71.4 Å². The Kier molecular flexibility index (Phi) is 12.8. The Bertz CT molecular complexity index is 2930. The van der Waals surface area contributed by atoms with Crippen LogP contribution in [0.3, 0.4) is 0 Å². The summed E-state index contributed by atoms with van der Waals surface area (Å²) >= 11 is 0.565. The van der Waals surface area contributed by atoms with Gasteiger partial charge < -0.3 is 10.0 Å². The van der Waals surface area contributed by atoms with Gasteiger partial charge in [-0.3, -0.25) is 18.5 Å². The minimum Gasteiger partial charge on any atom is -0.481 e. The van der Waals surface area contributed by atoms with E-state index >= 15 is 0 Å². The average Bonchev–Trinajstić information content (AvgIpc) is 3.52. The van der Waals surface area contributed by atoms with E-state index in [1.165, 1.54) is 18.2 Å². The van der Waals surface area contributed by atoms with E-state index < -0.39 is 56.9 Å². The van der Waals surface area contributed by atoms with Crippen LogP contribution in [0.25, 0.3) is 21.5 Å². The Morgan fingerprint density at radius 1 is 0.770 bits per heavy atom. The highest BCUT2D eigenvalue weighted by molar-refractivity contribution is 7.94. The molecule has 2 aliphatic heterocycles. The molecule has 5 N–H and O–H groups in total. The first-order valence-electron chi connectivity index (χ1n) is 18.9. The average molecular weight is 918 g/mol. The monoisotopic (exact) mass is 917 g/mol. The lowest BCUT2D eigenvalue weighted by Crippen LogP contribution is -2.28. The quantitative estimate of drug-likeness (QED) is 0.0136. The van der Waals surface area contributed by atoms with E-state index in [1.807, 2.05) is 69.6 Å². The number of benzene rings is 4. The summed E-state index contributed by atoms with van der Waals surface area (Å²) in [7, 11) is -14.5. The molecule has 0 unspecified atom stereocenters. The standard InChI is InChI=1S/C41H44N2O14S4/c1-6-42-31-18-16-27-29(21-25(58-57-56-46)22-33(27)60(50,51)52)38(31)40(2,3)35(42)13-9-7-10-14-36-41(4,5)39-30-23-26(59(47,48)49)24-34(61(53,54)55)28(30)17-19-32(39)43(36)20-12-8-11-15-37(44)45/h7,9-10,13-14,16-19,21-24H,6,8,11-12,15,20H2,1-5H3,(H4-,44,45,46,47,48,49,50,51,52,53,54,55)/p+1. The van der Waals surface area contributed by atoms with Crippen molar-refractivity contribution in [3.05, 3.63) is 95.7 Å². The molecule has 0 radical (unpaired) electrons. The highest BCUT2D eigenvalue weighted by atomic mass is 32.2. The minimum absolute atomic E-state index is 0.00854. The molecular weight excluding hydrogens is 873 g/mol. The fraction of sp³-hybridized carbons (Fsp3) is 0.317. The Hall–Kier alpha value is -4.48. The van der Waals surface area contributed by atoms with Crippen molar-refractivity contribution < 1.29 is 68.0 Å². The van der Waals surface area contributed by atoms with Crippen molar-refractivity contribution in [1.82, 2.24) is 0 Å². The Balaban J connectivity index is 1.42. The Labute approximate surface area is 357 Å². The van der Waals surface area contributed by atoms with Gasteiger partial charge in [-0.05, 0) is 92.4 Å². The van der Waals surface area contributed by atoms with Crippen molar-refractivity contribution in [2.75, 3.05) is 18.0 Å². The molecule has 61 heavy (non-hydrogen) atoms. The van der Waals surface area contributed by atoms with Gasteiger partial charge in [0.2, 0.25) is 5.69 Å². The third kappa shape index (κ3) is 8.92. The van der Waals surface area contributed by atoms with E-state index in [9.17, 15) is 43.7 Å². The summed E-state index contributed by atoms with van der Waals surface area (Å²) in [4.78, 5) is 11.8. The van der Waals surface area contributed by atoms with Gasteiger partial charge in [0, 0.05) is 69.6 Å². The maximum atomic E-state index is 12.5. The second-order valence-corrected chi connectivity index (χ2v) is 20.6. The van der Waals surface area contributed by atoms with Crippen LogP contribution in [0.5, 0.6) is 0 Å². The van der Waals surface area contributed by atoms with Crippen LogP contribution in [0.15, 0.2) is 104 Å². The van der Waals surface area contributed by atoms with Crippen LogP contribution >= 0.6 is 12.0 Å². The summed E-state index contributed by atoms with van der Waals surface area (Å²) in [6.45, 7) is 10.7. The minimum atomic E-state index is -4.93. The molecule has 0 aromatic heterocycles. The first-order chi connectivity index (χ1) is 28.4. The molecule has 6 rings (SSSR count). The molecule has 0 saturated carbocycles. The number of anilines is 1. The second kappa shape index (κ2) is 17.0. The second-order valence-electron chi connectivity index (χ2n) is 15.6. The van der Waals surface area contributed by atoms with E-state index in [1.54, 1.807) is 24.3 Å². The number of carbonyl (C=O) groups is 1. The molecule has 16 nitrogen and oxygen atoms in total. The third-order valence-electron chi connectivity index (χ3n) is 11.1. The molecule has 4 aromatic carbocycles. The predicted molar refractivity (Wildman–Crippen MR) is 229 cm³/mol. The lowest BCUT2D eigenvalue weighted by Gasteiger charge is -2.26. The first kappa shape index (κ1) is 46.0. The van der Waals surface area contributed by atoms with Gasteiger partial charge in [-0.2, -0.15) is 29.8 Å². The normalized spacial score (nSPS) is 17.1. The highest BCUT2D eigenvalue weighted by Gasteiger charge is 2.46. The van der Waals surface area contributed by atoms with Crippen LogP contribution in [0.4, 0.5) is 11.4 Å². The molecular formula is C41H45N2O14S4+. The SMILES string of the molecule is CCN1C(=CC=CC=CC2=[N+](CCCCCC(=O)O)c3ccc4c(S(=O)(=O)O)cc(S(=O)(=O)O)cc4c3C2(C)C)C(C)(C)c2c1ccc1c(S(=O)(=O)O)cc(SOOO)cc21. The molecule has 2 aliphatic rings. The summed E-state index contributed by atoms with van der Waals surface area (Å²) < 4.78 is 112. The Morgan fingerprint density at radius 2 is 1.41 bits per heavy atom. The van der Waals surface area contributed by atoms with Crippen LogP contribution in [-0.2, 0) is 55.4 Å². The van der Waals surface area contributed by atoms with Crippen molar-refractivity contribution in [2.45, 2.75) is 90.7 Å². The number of unbranched alkanes of at least 4 members (excludes halogenated alkanes) is 2. The van der Waals surface area contributed by atoms with Crippen LogP contribution in [-0.4, -0.2) is 78.6 Å². The van der Waals surface area contributed by atoms with Crippen molar-refractivity contribution in [3.63, 3.8) is 0 Å². The van der Waals surface area contributed by atoms with Crippen molar-refractivity contribution in [3.8, 4) is 0 Å². The number of likely N-dealkylation sites (N-methyl/N-ethyl adjacent to an activating group) is 1. The molecule has 0 fully saturated rings. The van der Waals surface area contributed by atoms with Crippen molar-refractivity contribution in [2.24, 2.45) is 0 Å². The molecule has 20 heteroatoms. The molecule has 0 spiro atoms. The molecule has 0 aliphatic carbocycles. The number of carboxylic acid groups (broad SMARTS) is 1. The summed E-state index contributed by atoms with van der Waals surface area (Å²) in [5.74, 6) is -0.903. The largest absolute Gasteiger partial charge is 0.481 e. The Morgan fingerprint density at radius 3 is 2.02 bits per heavy atom. The lowest BCUT2D eigenvalue weighted by molar-refractivity contribution is -0.438. The fourth-order valence-corrected chi connectivity index (χ4v) is 11.2. The number of rotatable bonds is 16. The van der Waals surface area contributed by atoms with Gasteiger partial charge >= 0.3 is 5.97 Å². The smallest absolute Gasteiger partial charge is 0.303 e. The molecule has 0 amide bonds. The highest BCUT2D eigenvalue weighted by Crippen LogP contribution is 2.52. The van der Waals surface area contributed by atoms with Crippen LogP contribution in [0.2, 0.25) is 0 Å². The third-order valence-corrected chi connectivity index (χ3v) is 14.3. The van der Waals surface area contributed by atoms with E-state index in [4.69, 9.17) is 10.4 Å². The number of allylic oxidation sites excluding steroid dienone is 6. The number of hydrogen-bond donors (Lipinski definition) is 5. The van der Waals surface area contributed by atoms with E-state index in [0.29, 0.717) is 72.5 Å². The van der Waals surface area contributed by atoms with E-state index in [2.05, 4.69) is 14.3 Å². The molecule has 0 saturated heterocycles. The van der Waals surface area contributed by atoms with E-state index in [0.717, 1.165) is 22.7 Å². The zero-order valence-corrected chi connectivity index (χ0v) is 37.0. The van der Waals surface area contributed by atoms with Gasteiger partial charge in [0.15, 0.2) is 5.71 Å². The van der Waals surface area contributed by atoms with Crippen molar-refractivity contribution >= 4 is 87.0 Å². The molecule has 4 aromatic rings. The lowest BCUT2D eigenvalue weighted by atomic mass is 9.79. The van der Waals surface area contributed by atoms with Gasteiger partial charge in [0.05, 0.1) is 22.4 Å². The number of fused-ring (bicyclic) bond motifs is 6. The number of aliphatic carboxylic acids is 1. The maximum Gasteiger partial charge on any atom is 0.303 e. The summed E-state index contributed by atoms with van der Waals surface area (Å²) in [5, 5.41) is 22.7. The molecule has 2 heterocycles. The zero-order valence-electron chi connectivity index (χ0n) is 33.7. The summed E-state index contributed by atoms with van der Waals surface area (Å²) in [5.41, 5.74) is 2.85.